The highest BCUT2D eigenvalue weighted by Crippen LogP contribution is 2.16. The van der Waals surface area contributed by atoms with Gasteiger partial charge < -0.3 is 4.90 Å². The lowest BCUT2D eigenvalue weighted by molar-refractivity contribution is 0.225. The number of carbonyl (C=O) groups excluding carboxylic acids is 1. The molecule has 0 aliphatic carbocycles. The lowest BCUT2D eigenvalue weighted by Crippen LogP contribution is -2.38. The van der Waals surface area contributed by atoms with Crippen molar-refractivity contribution in [1.82, 2.24) is 4.90 Å². The SMILES string of the molecule is Cc1ccc(N(CCl)C(=O)N(C)C)cc1. The highest BCUT2D eigenvalue weighted by Gasteiger charge is 2.15. The van der Waals surface area contributed by atoms with Crippen LogP contribution in [-0.4, -0.2) is 31.0 Å². The van der Waals surface area contributed by atoms with E-state index in [1.54, 1.807) is 14.1 Å². The molecule has 0 saturated carbocycles. The van der Waals surface area contributed by atoms with Gasteiger partial charge in [0, 0.05) is 19.8 Å². The third-order valence-electron chi connectivity index (χ3n) is 2.08. The van der Waals surface area contributed by atoms with Gasteiger partial charge in [0.15, 0.2) is 0 Å². The van der Waals surface area contributed by atoms with Crippen LogP contribution in [-0.2, 0) is 0 Å². The molecule has 1 rings (SSSR count). The Balaban J connectivity index is 2.92. The van der Waals surface area contributed by atoms with E-state index in [4.69, 9.17) is 11.6 Å². The summed E-state index contributed by atoms with van der Waals surface area (Å²) in [6.07, 6.45) is 0. The van der Waals surface area contributed by atoms with Crippen LogP contribution in [0, 0.1) is 6.92 Å². The molecule has 0 unspecified atom stereocenters. The smallest absolute Gasteiger partial charge is 0.325 e. The molecule has 0 bridgehead atoms. The van der Waals surface area contributed by atoms with Crippen LogP contribution in [0.4, 0.5) is 10.5 Å². The predicted molar refractivity (Wildman–Crippen MR) is 63.5 cm³/mol. The summed E-state index contributed by atoms with van der Waals surface area (Å²) < 4.78 is 0. The molecule has 0 spiro atoms. The number of alkyl halides is 1. The zero-order chi connectivity index (χ0) is 11.4. The van der Waals surface area contributed by atoms with E-state index < -0.39 is 0 Å². The fourth-order valence-corrected chi connectivity index (χ4v) is 1.44. The van der Waals surface area contributed by atoms with E-state index >= 15 is 0 Å². The Morgan fingerprint density at radius 2 is 1.80 bits per heavy atom. The average molecular weight is 227 g/mol. The first-order valence-corrected chi connectivity index (χ1v) is 5.21. The van der Waals surface area contributed by atoms with Gasteiger partial charge in [-0.3, -0.25) is 4.90 Å². The van der Waals surface area contributed by atoms with Gasteiger partial charge in [0.1, 0.15) is 6.00 Å². The van der Waals surface area contributed by atoms with Crippen molar-refractivity contribution in [1.29, 1.82) is 0 Å². The molecule has 0 aromatic heterocycles. The Hall–Kier alpha value is -1.22. The third-order valence-corrected chi connectivity index (χ3v) is 2.32. The number of amides is 2. The topological polar surface area (TPSA) is 23.6 Å². The van der Waals surface area contributed by atoms with E-state index in [1.807, 2.05) is 31.2 Å². The quantitative estimate of drug-likeness (QED) is 0.562. The van der Waals surface area contributed by atoms with Gasteiger partial charge in [-0.2, -0.15) is 0 Å². The number of nitrogens with zero attached hydrogens (tertiary/aromatic N) is 2. The van der Waals surface area contributed by atoms with Crippen molar-refractivity contribution in [2.75, 3.05) is 25.0 Å². The molecule has 0 atom stereocenters. The van der Waals surface area contributed by atoms with Gasteiger partial charge in [0.2, 0.25) is 0 Å². The average Bonchev–Trinajstić information content (AvgIpc) is 2.21. The van der Waals surface area contributed by atoms with Gasteiger partial charge >= 0.3 is 6.03 Å². The molecule has 1 aromatic carbocycles. The number of carbonyl (C=O) groups is 1. The molecule has 2 amide bonds. The summed E-state index contributed by atoms with van der Waals surface area (Å²) >= 11 is 5.76. The molecule has 0 heterocycles. The molecule has 4 heteroatoms. The van der Waals surface area contributed by atoms with Crippen LogP contribution in [0.2, 0.25) is 0 Å². The van der Waals surface area contributed by atoms with E-state index in [-0.39, 0.29) is 12.0 Å². The van der Waals surface area contributed by atoms with E-state index in [2.05, 4.69) is 0 Å². The molecule has 15 heavy (non-hydrogen) atoms. The van der Waals surface area contributed by atoms with E-state index in [0.29, 0.717) is 0 Å². The minimum atomic E-state index is -0.117. The van der Waals surface area contributed by atoms with Gasteiger partial charge in [0.25, 0.3) is 0 Å². The molecule has 0 radical (unpaired) electrons. The number of urea groups is 1. The Bertz CT molecular complexity index is 335. The Morgan fingerprint density at radius 3 is 2.20 bits per heavy atom. The van der Waals surface area contributed by atoms with Crippen molar-refractivity contribution >= 4 is 23.3 Å². The molecule has 82 valence electrons. The van der Waals surface area contributed by atoms with Crippen LogP contribution in [0.15, 0.2) is 24.3 Å². The van der Waals surface area contributed by atoms with Crippen molar-refractivity contribution in [3.05, 3.63) is 29.8 Å². The molecule has 0 saturated heterocycles. The Labute approximate surface area is 95.2 Å². The number of anilines is 1. The normalized spacial score (nSPS) is 9.87. The van der Waals surface area contributed by atoms with Crippen LogP contribution in [0.1, 0.15) is 5.56 Å². The number of halogens is 1. The second-order valence-corrected chi connectivity index (χ2v) is 3.80. The monoisotopic (exact) mass is 226 g/mol. The van der Waals surface area contributed by atoms with Crippen molar-refractivity contribution < 1.29 is 4.79 Å². The summed E-state index contributed by atoms with van der Waals surface area (Å²) in [5, 5.41) is 0. The first-order chi connectivity index (χ1) is 7.06. The first-order valence-electron chi connectivity index (χ1n) is 4.67. The van der Waals surface area contributed by atoms with Crippen LogP contribution in [0.25, 0.3) is 0 Å². The molecular weight excluding hydrogens is 212 g/mol. The summed E-state index contributed by atoms with van der Waals surface area (Å²) in [6, 6.07) is 7.72. The number of hydrogen-bond acceptors (Lipinski definition) is 1. The number of rotatable bonds is 2. The first kappa shape index (κ1) is 11.9. The second-order valence-electron chi connectivity index (χ2n) is 3.56. The summed E-state index contributed by atoms with van der Waals surface area (Å²) in [5.41, 5.74) is 1.97. The van der Waals surface area contributed by atoms with Crippen molar-refractivity contribution in [2.45, 2.75) is 6.92 Å². The highest BCUT2D eigenvalue weighted by molar-refractivity contribution is 6.21. The van der Waals surface area contributed by atoms with Crippen LogP contribution in [0.5, 0.6) is 0 Å². The molecule has 0 aliphatic rings. The maximum absolute atomic E-state index is 11.7. The van der Waals surface area contributed by atoms with Gasteiger partial charge in [-0.15, -0.1) is 11.6 Å². The van der Waals surface area contributed by atoms with Gasteiger partial charge in [-0.25, -0.2) is 4.79 Å². The van der Waals surface area contributed by atoms with Crippen LogP contribution in [0.3, 0.4) is 0 Å². The summed E-state index contributed by atoms with van der Waals surface area (Å²) in [7, 11) is 3.41. The largest absolute Gasteiger partial charge is 0.330 e. The van der Waals surface area contributed by atoms with Crippen molar-refractivity contribution in [3.8, 4) is 0 Å². The molecular formula is C11H15ClN2O. The van der Waals surface area contributed by atoms with Crippen molar-refractivity contribution in [2.24, 2.45) is 0 Å². The molecule has 0 fully saturated rings. The lowest BCUT2D eigenvalue weighted by Gasteiger charge is -2.23. The van der Waals surface area contributed by atoms with Gasteiger partial charge in [-0.05, 0) is 19.1 Å². The third kappa shape index (κ3) is 2.86. The molecule has 0 aliphatic heterocycles. The zero-order valence-electron chi connectivity index (χ0n) is 9.20. The second kappa shape index (κ2) is 5.03. The Kier molecular flexibility index (Phi) is 3.97. The number of aryl methyl sites for hydroxylation is 1. The predicted octanol–water partition coefficient (Wildman–Crippen LogP) is 2.68. The Morgan fingerprint density at radius 1 is 1.27 bits per heavy atom. The maximum atomic E-state index is 11.7. The van der Waals surface area contributed by atoms with Gasteiger partial charge in [-0.1, -0.05) is 17.7 Å². The molecule has 1 aromatic rings. The minimum absolute atomic E-state index is 0.117. The van der Waals surface area contributed by atoms with Gasteiger partial charge in [0.05, 0.1) is 0 Å². The van der Waals surface area contributed by atoms with Crippen LogP contribution < -0.4 is 4.90 Å². The van der Waals surface area contributed by atoms with E-state index in [0.717, 1.165) is 11.3 Å². The summed E-state index contributed by atoms with van der Waals surface area (Å²) in [5.74, 6) is 0. The summed E-state index contributed by atoms with van der Waals surface area (Å²) in [6.45, 7) is 2.00. The standard InChI is InChI=1S/C11H15ClN2O/c1-9-4-6-10(7-5-9)14(8-12)11(15)13(2)3/h4-7H,8H2,1-3H3. The fraction of sp³-hybridized carbons (Fsp3) is 0.364. The van der Waals surface area contributed by atoms with Crippen LogP contribution >= 0.6 is 11.6 Å². The highest BCUT2D eigenvalue weighted by atomic mass is 35.5. The van der Waals surface area contributed by atoms with Crippen molar-refractivity contribution in [3.63, 3.8) is 0 Å². The fourth-order valence-electron chi connectivity index (χ4n) is 1.20. The van der Waals surface area contributed by atoms with E-state index in [1.165, 1.54) is 9.80 Å². The number of hydrogen-bond donors (Lipinski definition) is 0. The lowest BCUT2D eigenvalue weighted by atomic mass is 10.2. The maximum Gasteiger partial charge on any atom is 0.325 e. The molecule has 0 N–H and O–H groups in total. The molecule has 3 nitrogen and oxygen atoms in total. The van der Waals surface area contributed by atoms with E-state index in [9.17, 15) is 4.79 Å². The number of benzene rings is 1. The summed E-state index contributed by atoms with van der Waals surface area (Å²) in [4.78, 5) is 14.7. The zero-order valence-corrected chi connectivity index (χ0v) is 9.95. The minimum Gasteiger partial charge on any atom is -0.330 e.